The number of hydrogen-bond donors (Lipinski definition) is 2. The Morgan fingerprint density at radius 1 is 1.15 bits per heavy atom. The first kappa shape index (κ1) is 28.7. The smallest absolute Gasteiger partial charge is 0.320 e. The van der Waals surface area contributed by atoms with Crippen LogP contribution in [0.25, 0.3) is 17.0 Å². The number of ether oxygens (including phenoxy) is 2. The quantitative estimate of drug-likeness (QED) is 0.362. The monoisotopic (exact) mass is 563 g/mol. The van der Waals surface area contributed by atoms with Gasteiger partial charge in [-0.05, 0) is 43.5 Å². The first-order valence-corrected chi connectivity index (χ1v) is 14.0. The topological polar surface area (TPSA) is 98.5 Å². The van der Waals surface area contributed by atoms with E-state index in [-0.39, 0.29) is 23.8 Å². The Labute approximate surface area is 239 Å². The van der Waals surface area contributed by atoms with Crippen molar-refractivity contribution in [1.82, 2.24) is 29.8 Å². The van der Waals surface area contributed by atoms with Gasteiger partial charge in [-0.15, -0.1) is 0 Å². The lowest BCUT2D eigenvalue weighted by Crippen LogP contribution is -2.42. The van der Waals surface area contributed by atoms with Crippen molar-refractivity contribution < 1.29 is 18.7 Å². The molecule has 0 radical (unpaired) electrons. The van der Waals surface area contributed by atoms with Gasteiger partial charge in [-0.1, -0.05) is 24.3 Å². The average Bonchev–Trinajstić information content (AvgIpc) is 3.69. The van der Waals surface area contributed by atoms with Gasteiger partial charge in [0.25, 0.3) is 0 Å². The van der Waals surface area contributed by atoms with E-state index in [1.165, 1.54) is 6.07 Å². The molecular weight excluding hydrogens is 525 g/mol. The first-order chi connectivity index (χ1) is 20.0. The summed E-state index contributed by atoms with van der Waals surface area (Å²) in [6.45, 7) is 5.79. The summed E-state index contributed by atoms with van der Waals surface area (Å²) in [5.74, 6) is 0.251. The number of methoxy groups -OCH3 is 2. The molecule has 11 heteroatoms. The fraction of sp³-hybridized carbons (Fsp3) is 0.433. The average molecular weight is 564 g/mol. The molecule has 1 saturated heterocycles. The van der Waals surface area contributed by atoms with Gasteiger partial charge in [0.1, 0.15) is 17.3 Å². The number of carbonyl (C=O) groups is 1. The van der Waals surface area contributed by atoms with Gasteiger partial charge in [-0.25, -0.2) is 13.9 Å². The van der Waals surface area contributed by atoms with Crippen molar-refractivity contribution in [2.75, 3.05) is 52.4 Å². The number of likely N-dealkylation sites (tertiary alicyclic amines) is 1. The first-order valence-electron chi connectivity index (χ1n) is 14.0. The van der Waals surface area contributed by atoms with Gasteiger partial charge in [0.05, 0.1) is 37.7 Å². The van der Waals surface area contributed by atoms with Crippen LogP contribution in [0.3, 0.4) is 0 Å². The molecule has 1 fully saturated rings. The maximum Gasteiger partial charge on any atom is 0.320 e. The molecule has 41 heavy (non-hydrogen) atoms. The second-order valence-corrected chi connectivity index (χ2v) is 10.4. The van der Waals surface area contributed by atoms with Crippen LogP contribution in [0.15, 0.2) is 54.9 Å². The number of urea groups is 1. The lowest BCUT2D eigenvalue weighted by molar-refractivity contribution is 0.159. The summed E-state index contributed by atoms with van der Waals surface area (Å²) in [5.41, 5.74) is 4.20. The third-order valence-corrected chi connectivity index (χ3v) is 7.61. The molecule has 2 aliphatic rings. The summed E-state index contributed by atoms with van der Waals surface area (Å²) in [4.78, 5) is 15.8. The van der Waals surface area contributed by atoms with Crippen LogP contribution >= 0.6 is 0 Å². The van der Waals surface area contributed by atoms with Crippen molar-refractivity contribution in [1.29, 1.82) is 0 Å². The molecule has 1 aromatic carbocycles. The number of anilines is 1. The van der Waals surface area contributed by atoms with Crippen LogP contribution in [0, 0.1) is 12.7 Å². The van der Waals surface area contributed by atoms with Crippen LogP contribution in [0.4, 0.5) is 15.0 Å². The molecule has 2 amide bonds. The number of nitrogens with one attached hydrogen (secondary N) is 2. The molecule has 0 spiro atoms. The van der Waals surface area contributed by atoms with Crippen molar-refractivity contribution in [2.24, 2.45) is 0 Å². The molecule has 5 rings (SSSR count). The van der Waals surface area contributed by atoms with Crippen LogP contribution < -0.4 is 10.6 Å². The van der Waals surface area contributed by atoms with E-state index in [0.717, 1.165) is 47.5 Å². The van der Waals surface area contributed by atoms with E-state index in [1.807, 2.05) is 29.9 Å². The summed E-state index contributed by atoms with van der Waals surface area (Å²) in [7, 11) is 3.33. The number of nitrogens with zero attached hydrogens (tertiary/aromatic N) is 5. The highest BCUT2D eigenvalue weighted by molar-refractivity contribution is 5.91. The molecule has 0 unspecified atom stereocenters. The number of amides is 2. The van der Waals surface area contributed by atoms with Crippen molar-refractivity contribution >= 4 is 17.5 Å². The number of allylic oxidation sites excluding steroid dienone is 4. The highest BCUT2D eigenvalue weighted by Crippen LogP contribution is 2.32. The minimum Gasteiger partial charge on any atom is -0.383 e. The van der Waals surface area contributed by atoms with Gasteiger partial charge in [-0.3, -0.25) is 14.9 Å². The maximum absolute atomic E-state index is 14.1. The zero-order valence-electron chi connectivity index (χ0n) is 23.8. The van der Waals surface area contributed by atoms with Crippen molar-refractivity contribution in [3.05, 3.63) is 71.8 Å². The van der Waals surface area contributed by atoms with Gasteiger partial charge >= 0.3 is 6.03 Å². The molecule has 10 nitrogen and oxygen atoms in total. The van der Waals surface area contributed by atoms with Crippen LogP contribution in [-0.2, 0) is 16.0 Å². The van der Waals surface area contributed by atoms with Gasteiger partial charge in [0.2, 0.25) is 0 Å². The van der Waals surface area contributed by atoms with E-state index < -0.39 is 0 Å². The van der Waals surface area contributed by atoms with E-state index in [0.29, 0.717) is 38.7 Å². The van der Waals surface area contributed by atoms with E-state index >= 15 is 0 Å². The standard InChI is InChI=1S/C30H38FN7O3/c1-21-28(23-17-32-37(18-23)13-15-41-3)35-38(25-10-5-4-6-11-25)29(21)34-30(39)33-27-20-36(12-14-40-2)19-26(27)22-8-7-9-24(31)16-22/h5,7-11,16-18,26-27H,4,6,12-15,19-20H2,1-3H3,(H2,33,34,39)/t26-,27+/m0/s1. The van der Waals surface area contributed by atoms with E-state index in [1.54, 1.807) is 37.2 Å². The van der Waals surface area contributed by atoms with Gasteiger partial charge in [0.15, 0.2) is 0 Å². The number of carbonyl (C=O) groups excluding carboxylic acids is 1. The summed E-state index contributed by atoms with van der Waals surface area (Å²) in [6, 6.07) is 6.08. The SMILES string of the molecule is COCCN1C[C@@H](NC(=O)Nc2c(C)c(-c3cnn(CCOC)c3)nn2C2=CCCC=C2)[C@H](c2cccc(F)c2)C1. The van der Waals surface area contributed by atoms with Gasteiger partial charge in [0, 0.05) is 57.1 Å². The Morgan fingerprint density at radius 3 is 2.73 bits per heavy atom. The Balaban J connectivity index is 1.39. The zero-order valence-corrected chi connectivity index (χ0v) is 23.8. The van der Waals surface area contributed by atoms with Crippen molar-refractivity contribution in [3.63, 3.8) is 0 Å². The number of halogens is 1. The van der Waals surface area contributed by atoms with Crippen LogP contribution in [0.2, 0.25) is 0 Å². The lowest BCUT2D eigenvalue weighted by Gasteiger charge is -2.21. The minimum absolute atomic E-state index is 0.0585. The maximum atomic E-state index is 14.1. The summed E-state index contributed by atoms with van der Waals surface area (Å²) in [6.07, 6.45) is 11.8. The molecule has 0 bridgehead atoms. The van der Waals surface area contributed by atoms with Crippen molar-refractivity contribution in [3.8, 4) is 11.3 Å². The highest BCUT2D eigenvalue weighted by Gasteiger charge is 2.35. The molecular formula is C30H38FN7O3. The van der Waals surface area contributed by atoms with Crippen LogP contribution in [-0.4, -0.2) is 83.6 Å². The number of benzene rings is 1. The summed E-state index contributed by atoms with van der Waals surface area (Å²) in [5, 5.41) is 15.6. The third kappa shape index (κ3) is 6.75. The van der Waals surface area contributed by atoms with Gasteiger partial charge < -0.3 is 14.8 Å². The van der Waals surface area contributed by atoms with Gasteiger partial charge in [-0.2, -0.15) is 10.2 Å². The van der Waals surface area contributed by atoms with Crippen molar-refractivity contribution in [2.45, 2.75) is 38.3 Å². The predicted molar refractivity (Wildman–Crippen MR) is 156 cm³/mol. The molecule has 2 aromatic heterocycles. The molecule has 2 N–H and O–H groups in total. The Bertz CT molecular complexity index is 1410. The molecule has 218 valence electrons. The zero-order chi connectivity index (χ0) is 28.8. The molecule has 1 aliphatic carbocycles. The number of hydrogen-bond acceptors (Lipinski definition) is 6. The third-order valence-electron chi connectivity index (χ3n) is 7.61. The number of rotatable bonds is 11. The number of aromatic nitrogens is 4. The molecule has 2 atom stereocenters. The molecule has 0 saturated carbocycles. The molecule has 1 aliphatic heterocycles. The molecule has 3 aromatic rings. The Hall–Kier alpha value is -3.80. The normalized spacial score (nSPS) is 19.0. The van der Waals surface area contributed by atoms with E-state index in [9.17, 15) is 9.18 Å². The Kier molecular flexibility index (Phi) is 9.28. The summed E-state index contributed by atoms with van der Waals surface area (Å²) < 4.78 is 28.2. The lowest BCUT2D eigenvalue weighted by atomic mass is 9.94. The fourth-order valence-electron chi connectivity index (χ4n) is 5.47. The fourth-order valence-corrected chi connectivity index (χ4v) is 5.47. The predicted octanol–water partition coefficient (Wildman–Crippen LogP) is 4.27. The largest absolute Gasteiger partial charge is 0.383 e. The van der Waals surface area contributed by atoms with E-state index in [2.05, 4.69) is 32.8 Å². The highest BCUT2D eigenvalue weighted by atomic mass is 19.1. The van der Waals surface area contributed by atoms with E-state index in [4.69, 9.17) is 14.6 Å². The minimum atomic E-state index is -0.336. The molecule has 3 heterocycles. The second-order valence-electron chi connectivity index (χ2n) is 10.4. The summed E-state index contributed by atoms with van der Waals surface area (Å²) >= 11 is 0. The second kappa shape index (κ2) is 13.2. The Morgan fingerprint density at radius 2 is 1.98 bits per heavy atom. The van der Waals surface area contributed by atoms with Crippen LogP contribution in [0.5, 0.6) is 0 Å². The van der Waals surface area contributed by atoms with Crippen LogP contribution in [0.1, 0.15) is 29.9 Å².